The molecule has 1 aromatic heterocycles. The Morgan fingerprint density at radius 3 is 2.59 bits per heavy atom. The number of hydrogen-bond acceptors (Lipinski definition) is 3. The largest absolute Gasteiger partial charge is 0.326 e. The molecule has 96 valence electrons. The number of aromatic nitrogens is 3. The van der Waals surface area contributed by atoms with Crippen LogP contribution in [0.15, 0.2) is 0 Å². The number of aryl methyl sites for hydroxylation is 2. The van der Waals surface area contributed by atoms with Crippen LogP contribution >= 0.6 is 0 Å². The van der Waals surface area contributed by atoms with Crippen LogP contribution in [0.2, 0.25) is 0 Å². The van der Waals surface area contributed by atoms with Gasteiger partial charge in [0.15, 0.2) is 5.82 Å². The smallest absolute Gasteiger partial charge is 0.154 e. The number of nitrogens with zero attached hydrogens (tertiary/aromatic N) is 3. The Balaban J connectivity index is 2.03. The molecule has 1 heterocycles. The Kier molecular flexibility index (Phi) is 3.52. The van der Waals surface area contributed by atoms with Gasteiger partial charge in [0.25, 0.3) is 0 Å². The molecule has 17 heavy (non-hydrogen) atoms. The Morgan fingerprint density at radius 2 is 2.00 bits per heavy atom. The number of rotatable bonds is 4. The molecule has 0 unspecified atom stereocenters. The molecule has 0 radical (unpaired) electrons. The minimum absolute atomic E-state index is 0.126. The van der Waals surface area contributed by atoms with Gasteiger partial charge in [-0.3, -0.25) is 4.68 Å². The van der Waals surface area contributed by atoms with Crippen LogP contribution in [0.1, 0.15) is 63.5 Å². The highest BCUT2D eigenvalue weighted by Gasteiger charge is 2.22. The van der Waals surface area contributed by atoms with Crippen LogP contribution in [0.3, 0.4) is 0 Å². The van der Waals surface area contributed by atoms with Crippen LogP contribution in [0.5, 0.6) is 0 Å². The van der Waals surface area contributed by atoms with E-state index in [1.807, 2.05) is 11.7 Å². The highest BCUT2D eigenvalue weighted by atomic mass is 15.3. The summed E-state index contributed by atoms with van der Waals surface area (Å²) in [7, 11) is 1.99. The lowest BCUT2D eigenvalue weighted by Gasteiger charge is -2.17. The van der Waals surface area contributed by atoms with Crippen molar-refractivity contribution in [2.45, 2.75) is 63.8 Å². The third-order valence-corrected chi connectivity index (χ3v) is 3.58. The third kappa shape index (κ3) is 3.28. The molecule has 2 rings (SSSR count). The first-order valence-corrected chi connectivity index (χ1v) is 6.64. The van der Waals surface area contributed by atoms with E-state index < -0.39 is 0 Å². The second-order valence-corrected chi connectivity index (χ2v) is 5.98. The van der Waals surface area contributed by atoms with E-state index in [0.717, 1.165) is 24.5 Å². The maximum atomic E-state index is 6.00. The summed E-state index contributed by atoms with van der Waals surface area (Å²) in [5.41, 5.74) is 5.88. The third-order valence-electron chi connectivity index (χ3n) is 3.58. The van der Waals surface area contributed by atoms with E-state index in [1.165, 1.54) is 25.7 Å². The minimum Gasteiger partial charge on any atom is -0.326 e. The molecule has 1 aliphatic carbocycles. The number of nitrogens with two attached hydrogens (primary N) is 1. The average Bonchev–Trinajstić information content (AvgIpc) is 2.82. The minimum atomic E-state index is -0.126. The first kappa shape index (κ1) is 12.6. The fraction of sp³-hybridized carbons (Fsp3) is 0.846. The van der Waals surface area contributed by atoms with Crippen molar-refractivity contribution in [3.8, 4) is 0 Å². The molecule has 0 saturated heterocycles. The Morgan fingerprint density at radius 1 is 1.35 bits per heavy atom. The van der Waals surface area contributed by atoms with E-state index in [2.05, 4.69) is 18.9 Å². The van der Waals surface area contributed by atoms with Crippen molar-refractivity contribution in [2.24, 2.45) is 12.8 Å². The molecule has 1 fully saturated rings. The molecule has 4 heteroatoms. The second kappa shape index (κ2) is 4.77. The standard InChI is InChI=1S/C13H24N4/c1-13(2,14)9-8-11-15-12(16-17(11)3)10-6-4-5-7-10/h10H,4-9,14H2,1-3H3. The summed E-state index contributed by atoms with van der Waals surface area (Å²) in [4.78, 5) is 4.69. The monoisotopic (exact) mass is 236 g/mol. The van der Waals surface area contributed by atoms with Gasteiger partial charge in [-0.1, -0.05) is 12.8 Å². The summed E-state index contributed by atoms with van der Waals surface area (Å²) >= 11 is 0. The van der Waals surface area contributed by atoms with Gasteiger partial charge in [-0.2, -0.15) is 5.10 Å². The van der Waals surface area contributed by atoms with E-state index in [-0.39, 0.29) is 5.54 Å². The molecule has 1 saturated carbocycles. The first-order chi connectivity index (χ1) is 7.96. The average molecular weight is 236 g/mol. The summed E-state index contributed by atoms with van der Waals surface area (Å²) in [5, 5.41) is 4.56. The summed E-state index contributed by atoms with van der Waals surface area (Å²) in [6, 6.07) is 0. The molecule has 4 nitrogen and oxygen atoms in total. The predicted octanol–water partition coefficient (Wildman–Crippen LogP) is 2.14. The van der Waals surface area contributed by atoms with Crippen LogP contribution in [0, 0.1) is 0 Å². The first-order valence-electron chi connectivity index (χ1n) is 6.64. The number of hydrogen-bond donors (Lipinski definition) is 1. The van der Waals surface area contributed by atoms with Crippen molar-refractivity contribution < 1.29 is 0 Å². The zero-order valence-electron chi connectivity index (χ0n) is 11.2. The Bertz CT molecular complexity index is 369. The van der Waals surface area contributed by atoms with Crippen molar-refractivity contribution >= 4 is 0 Å². The van der Waals surface area contributed by atoms with Gasteiger partial charge < -0.3 is 5.73 Å². The Hall–Kier alpha value is -0.900. The zero-order chi connectivity index (χ0) is 12.5. The summed E-state index contributed by atoms with van der Waals surface area (Å²) < 4.78 is 1.93. The van der Waals surface area contributed by atoms with Gasteiger partial charge in [0, 0.05) is 24.9 Å². The van der Waals surface area contributed by atoms with Crippen LogP contribution in [-0.4, -0.2) is 20.3 Å². The summed E-state index contributed by atoms with van der Waals surface area (Å²) in [5.74, 6) is 2.72. The normalized spacial score (nSPS) is 17.9. The van der Waals surface area contributed by atoms with Gasteiger partial charge in [0.1, 0.15) is 5.82 Å². The van der Waals surface area contributed by atoms with Gasteiger partial charge in [-0.25, -0.2) is 4.98 Å². The quantitative estimate of drug-likeness (QED) is 0.871. The maximum absolute atomic E-state index is 6.00. The zero-order valence-corrected chi connectivity index (χ0v) is 11.2. The van der Waals surface area contributed by atoms with Gasteiger partial charge >= 0.3 is 0 Å². The predicted molar refractivity (Wildman–Crippen MR) is 68.8 cm³/mol. The van der Waals surface area contributed by atoms with Crippen LogP contribution in [-0.2, 0) is 13.5 Å². The van der Waals surface area contributed by atoms with E-state index in [9.17, 15) is 0 Å². The van der Waals surface area contributed by atoms with Gasteiger partial charge in [0.2, 0.25) is 0 Å². The molecule has 0 amide bonds. The molecule has 1 aromatic rings. The lowest BCUT2D eigenvalue weighted by Crippen LogP contribution is -2.32. The molecule has 0 aromatic carbocycles. The van der Waals surface area contributed by atoms with Crippen molar-refractivity contribution in [3.63, 3.8) is 0 Å². The van der Waals surface area contributed by atoms with E-state index >= 15 is 0 Å². The summed E-state index contributed by atoms with van der Waals surface area (Å²) in [6.07, 6.45) is 7.03. The van der Waals surface area contributed by atoms with Crippen LogP contribution < -0.4 is 5.73 Å². The van der Waals surface area contributed by atoms with Crippen molar-refractivity contribution in [3.05, 3.63) is 11.6 Å². The molecule has 0 atom stereocenters. The molecule has 0 aliphatic heterocycles. The van der Waals surface area contributed by atoms with E-state index in [0.29, 0.717) is 5.92 Å². The molecule has 1 aliphatic rings. The molecule has 0 spiro atoms. The molecular weight excluding hydrogens is 212 g/mol. The van der Waals surface area contributed by atoms with Crippen molar-refractivity contribution in [2.75, 3.05) is 0 Å². The Labute approximate surface area is 104 Å². The van der Waals surface area contributed by atoms with Gasteiger partial charge in [-0.05, 0) is 33.1 Å². The van der Waals surface area contributed by atoms with Crippen LogP contribution in [0.25, 0.3) is 0 Å². The van der Waals surface area contributed by atoms with Gasteiger partial charge in [0.05, 0.1) is 0 Å². The van der Waals surface area contributed by atoms with Crippen molar-refractivity contribution in [1.82, 2.24) is 14.8 Å². The van der Waals surface area contributed by atoms with Gasteiger partial charge in [-0.15, -0.1) is 0 Å². The topological polar surface area (TPSA) is 56.7 Å². The molecule has 2 N–H and O–H groups in total. The van der Waals surface area contributed by atoms with Crippen molar-refractivity contribution in [1.29, 1.82) is 0 Å². The fourth-order valence-electron chi connectivity index (χ4n) is 2.45. The molecule has 0 bridgehead atoms. The fourth-order valence-corrected chi connectivity index (χ4v) is 2.45. The molecular formula is C13H24N4. The maximum Gasteiger partial charge on any atom is 0.154 e. The summed E-state index contributed by atoms with van der Waals surface area (Å²) in [6.45, 7) is 4.11. The lowest BCUT2D eigenvalue weighted by molar-refractivity contribution is 0.465. The second-order valence-electron chi connectivity index (χ2n) is 5.98. The van der Waals surface area contributed by atoms with Crippen LogP contribution in [0.4, 0.5) is 0 Å². The highest BCUT2D eigenvalue weighted by molar-refractivity contribution is 5.02. The SMILES string of the molecule is Cn1nc(C2CCCC2)nc1CCC(C)(C)N. The highest BCUT2D eigenvalue weighted by Crippen LogP contribution is 2.32. The van der Waals surface area contributed by atoms with E-state index in [4.69, 9.17) is 10.7 Å². The lowest BCUT2D eigenvalue weighted by atomic mass is 10.00. The van der Waals surface area contributed by atoms with E-state index in [1.54, 1.807) is 0 Å².